The number of nitriles is 1. The topological polar surface area (TPSA) is 92.8 Å². The standard InChI is InChI=1S/C20H22N2O5/c1-15(2)27-17-8-6-16(7-9-17)20(24)26-14-19(23)22(11-4-10-21)13-18-5-3-12-25-18/h3,5-9,12,15H,4,11,13-14H2,1-2H3. The summed E-state index contributed by atoms with van der Waals surface area (Å²) < 4.78 is 15.9. The predicted molar refractivity (Wildman–Crippen MR) is 96.8 cm³/mol. The van der Waals surface area contributed by atoms with Gasteiger partial charge in [-0.3, -0.25) is 4.79 Å². The zero-order valence-electron chi connectivity index (χ0n) is 15.4. The number of carbonyl (C=O) groups is 2. The Kier molecular flexibility index (Phi) is 7.44. The number of hydrogen-bond donors (Lipinski definition) is 0. The molecular formula is C20H22N2O5. The largest absolute Gasteiger partial charge is 0.491 e. The number of esters is 1. The first-order chi connectivity index (χ1) is 13.0. The number of hydrogen-bond acceptors (Lipinski definition) is 6. The molecule has 0 bridgehead atoms. The van der Waals surface area contributed by atoms with Gasteiger partial charge in [-0.15, -0.1) is 0 Å². The molecule has 0 spiro atoms. The smallest absolute Gasteiger partial charge is 0.338 e. The van der Waals surface area contributed by atoms with Crippen LogP contribution in [0.4, 0.5) is 0 Å². The van der Waals surface area contributed by atoms with E-state index in [1.54, 1.807) is 36.4 Å². The molecule has 0 aliphatic carbocycles. The number of rotatable bonds is 9. The predicted octanol–water partition coefficient (Wildman–Crippen LogP) is 3.17. The Balaban J connectivity index is 1.91. The summed E-state index contributed by atoms with van der Waals surface area (Å²) >= 11 is 0. The van der Waals surface area contributed by atoms with E-state index >= 15 is 0 Å². The van der Waals surface area contributed by atoms with Gasteiger partial charge in [-0.1, -0.05) is 0 Å². The van der Waals surface area contributed by atoms with Gasteiger partial charge in [0.2, 0.25) is 0 Å². The molecule has 2 aromatic rings. The number of carbonyl (C=O) groups excluding carboxylic acids is 2. The molecule has 0 saturated carbocycles. The Morgan fingerprint density at radius 1 is 1.22 bits per heavy atom. The summed E-state index contributed by atoms with van der Waals surface area (Å²) in [4.78, 5) is 25.9. The molecule has 0 radical (unpaired) electrons. The lowest BCUT2D eigenvalue weighted by molar-refractivity contribution is -0.135. The van der Waals surface area contributed by atoms with Gasteiger partial charge in [-0.2, -0.15) is 5.26 Å². The lowest BCUT2D eigenvalue weighted by atomic mass is 10.2. The molecule has 1 amide bonds. The second-order valence-corrected chi connectivity index (χ2v) is 6.07. The van der Waals surface area contributed by atoms with Crippen molar-refractivity contribution in [3.8, 4) is 11.8 Å². The van der Waals surface area contributed by atoms with E-state index in [0.717, 1.165) is 0 Å². The van der Waals surface area contributed by atoms with Gasteiger partial charge in [0.15, 0.2) is 6.61 Å². The minimum absolute atomic E-state index is 0.0361. The van der Waals surface area contributed by atoms with Gasteiger partial charge in [0.1, 0.15) is 11.5 Å². The molecule has 7 nitrogen and oxygen atoms in total. The van der Waals surface area contributed by atoms with Crippen LogP contribution in [0.2, 0.25) is 0 Å². The maximum Gasteiger partial charge on any atom is 0.338 e. The van der Waals surface area contributed by atoms with Crippen molar-refractivity contribution in [2.75, 3.05) is 13.2 Å². The van der Waals surface area contributed by atoms with E-state index in [9.17, 15) is 9.59 Å². The highest BCUT2D eigenvalue weighted by atomic mass is 16.5. The fraction of sp³-hybridized carbons (Fsp3) is 0.350. The molecule has 0 unspecified atom stereocenters. The van der Waals surface area contributed by atoms with Crippen molar-refractivity contribution in [3.63, 3.8) is 0 Å². The summed E-state index contributed by atoms with van der Waals surface area (Å²) in [5, 5.41) is 8.76. The summed E-state index contributed by atoms with van der Waals surface area (Å²) in [6.45, 7) is 3.86. The zero-order valence-corrected chi connectivity index (χ0v) is 15.4. The molecule has 1 aromatic heterocycles. The van der Waals surface area contributed by atoms with Crippen LogP contribution in [0.1, 0.15) is 36.4 Å². The van der Waals surface area contributed by atoms with Crippen molar-refractivity contribution in [3.05, 3.63) is 54.0 Å². The Morgan fingerprint density at radius 3 is 2.56 bits per heavy atom. The lowest BCUT2D eigenvalue weighted by Gasteiger charge is -2.20. The quantitative estimate of drug-likeness (QED) is 0.630. The Morgan fingerprint density at radius 2 is 1.96 bits per heavy atom. The molecule has 142 valence electrons. The van der Waals surface area contributed by atoms with Gasteiger partial charge >= 0.3 is 5.97 Å². The average molecular weight is 370 g/mol. The molecule has 0 fully saturated rings. The van der Waals surface area contributed by atoms with Gasteiger partial charge < -0.3 is 18.8 Å². The van der Waals surface area contributed by atoms with Crippen LogP contribution < -0.4 is 4.74 Å². The fourth-order valence-corrected chi connectivity index (χ4v) is 2.31. The van der Waals surface area contributed by atoms with E-state index in [2.05, 4.69) is 0 Å². The minimum atomic E-state index is -0.599. The molecule has 27 heavy (non-hydrogen) atoms. The maximum atomic E-state index is 12.4. The molecule has 0 atom stereocenters. The second kappa shape index (κ2) is 10.0. The van der Waals surface area contributed by atoms with E-state index in [1.807, 2.05) is 19.9 Å². The van der Waals surface area contributed by atoms with Crippen LogP contribution in [0.15, 0.2) is 47.1 Å². The van der Waals surface area contributed by atoms with Crippen LogP contribution in [0.5, 0.6) is 5.75 Å². The summed E-state index contributed by atoms with van der Waals surface area (Å²) in [6.07, 6.45) is 1.72. The highest BCUT2D eigenvalue weighted by Gasteiger charge is 2.18. The number of furan rings is 1. The van der Waals surface area contributed by atoms with Crippen LogP contribution in [-0.4, -0.2) is 36.0 Å². The van der Waals surface area contributed by atoms with Crippen molar-refractivity contribution in [1.82, 2.24) is 4.90 Å². The van der Waals surface area contributed by atoms with Crippen LogP contribution in [-0.2, 0) is 16.1 Å². The molecule has 0 aliphatic heterocycles. The van der Waals surface area contributed by atoms with Crippen molar-refractivity contribution in [1.29, 1.82) is 5.26 Å². The van der Waals surface area contributed by atoms with Crippen molar-refractivity contribution in [2.45, 2.75) is 32.9 Å². The lowest BCUT2D eigenvalue weighted by Crippen LogP contribution is -2.34. The summed E-state index contributed by atoms with van der Waals surface area (Å²) in [7, 11) is 0. The van der Waals surface area contributed by atoms with E-state index in [1.165, 1.54) is 11.2 Å². The van der Waals surface area contributed by atoms with E-state index < -0.39 is 18.5 Å². The van der Waals surface area contributed by atoms with Gasteiger partial charge in [0, 0.05) is 6.54 Å². The van der Waals surface area contributed by atoms with Crippen molar-refractivity contribution < 1.29 is 23.5 Å². The number of amides is 1. The van der Waals surface area contributed by atoms with Crippen LogP contribution in [0.25, 0.3) is 0 Å². The number of ether oxygens (including phenoxy) is 2. The number of benzene rings is 1. The zero-order chi connectivity index (χ0) is 19.6. The monoisotopic (exact) mass is 370 g/mol. The average Bonchev–Trinajstić information content (AvgIpc) is 3.16. The third-order valence-electron chi connectivity index (χ3n) is 3.56. The van der Waals surface area contributed by atoms with E-state index in [0.29, 0.717) is 17.1 Å². The molecule has 2 rings (SSSR count). The first kappa shape index (κ1) is 20.0. The van der Waals surface area contributed by atoms with E-state index in [-0.39, 0.29) is 25.6 Å². The molecule has 0 saturated heterocycles. The van der Waals surface area contributed by atoms with E-state index in [4.69, 9.17) is 19.2 Å². The molecule has 7 heteroatoms. The van der Waals surface area contributed by atoms with Crippen molar-refractivity contribution >= 4 is 11.9 Å². The third kappa shape index (κ3) is 6.51. The van der Waals surface area contributed by atoms with Gasteiger partial charge in [0.05, 0.1) is 37.0 Å². The highest BCUT2D eigenvalue weighted by Crippen LogP contribution is 2.14. The molecular weight excluding hydrogens is 348 g/mol. The Bertz CT molecular complexity index is 776. The van der Waals surface area contributed by atoms with Gasteiger partial charge in [-0.25, -0.2) is 4.79 Å². The van der Waals surface area contributed by atoms with Gasteiger partial charge in [0.25, 0.3) is 5.91 Å². The molecule has 1 aromatic carbocycles. The molecule has 0 N–H and O–H groups in total. The maximum absolute atomic E-state index is 12.4. The Hall–Kier alpha value is -3.27. The normalized spacial score (nSPS) is 10.3. The SMILES string of the molecule is CC(C)Oc1ccc(C(=O)OCC(=O)N(CCC#N)Cc2ccco2)cc1. The molecule has 1 heterocycles. The Labute approximate surface area is 158 Å². The molecule has 0 aliphatic rings. The third-order valence-corrected chi connectivity index (χ3v) is 3.56. The highest BCUT2D eigenvalue weighted by molar-refractivity contribution is 5.91. The van der Waals surface area contributed by atoms with Crippen LogP contribution in [0.3, 0.4) is 0 Å². The first-order valence-electron chi connectivity index (χ1n) is 8.60. The minimum Gasteiger partial charge on any atom is -0.491 e. The van der Waals surface area contributed by atoms with Crippen LogP contribution in [0, 0.1) is 11.3 Å². The summed E-state index contributed by atoms with van der Waals surface area (Å²) in [5.41, 5.74) is 0.327. The van der Waals surface area contributed by atoms with Gasteiger partial charge in [-0.05, 0) is 50.2 Å². The number of nitrogens with zero attached hydrogens (tertiary/aromatic N) is 2. The first-order valence-corrected chi connectivity index (χ1v) is 8.60. The fourth-order valence-electron chi connectivity index (χ4n) is 2.31. The summed E-state index contributed by atoms with van der Waals surface area (Å²) in [5.74, 6) is 0.250. The summed E-state index contributed by atoms with van der Waals surface area (Å²) in [6, 6.07) is 12.0. The second-order valence-electron chi connectivity index (χ2n) is 6.07. The van der Waals surface area contributed by atoms with Crippen LogP contribution >= 0.6 is 0 Å². The van der Waals surface area contributed by atoms with Crippen molar-refractivity contribution in [2.24, 2.45) is 0 Å².